The van der Waals surface area contributed by atoms with Gasteiger partial charge in [0.2, 0.25) is 0 Å². The van der Waals surface area contributed by atoms with Gasteiger partial charge in [0.05, 0.1) is 0 Å². The number of aryl methyl sites for hydroxylation is 1. The van der Waals surface area contributed by atoms with Gasteiger partial charge in [0.15, 0.2) is 0 Å². The van der Waals surface area contributed by atoms with Crippen LogP contribution in [0.4, 0.5) is 5.69 Å². The molecule has 1 N–H and O–H groups in total. The first kappa shape index (κ1) is 9.40. The lowest BCUT2D eigenvalue weighted by Crippen LogP contribution is -1.98. The van der Waals surface area contributed by atoms with Crippen molar-refractivity contribution in [1.82, 2.24) is 0 Å². The summed E-state index contributed by atoms with van der Waals surface area (Å²) in [6.07, 6.45) is 3.86. The van der Waals surface area contributed by atoms with Crippen molar-refractivity contribution < 1.29 is 0 Å². The normalized spacial score (nSPS) is 15.0. The van der Waals surface area contributed by atoms with Gasteiger partial charge in [0.1, 0.15) is 0 Å². The predicted octanol–water partition coefficient (Wildman–Crippen LogP) is 2.86. The van der Waals surface area contributed by atoms with E-state index in [1.807, 2.05) is 0 Å². The van der Waals surface area contributed by atoms with Crippen LogP contribution in [0.25, 0.3) is 0 Å². The van der Waals surface area contributed by atoms with Crippen LogP contribution in [0.15, 0.2) is 24.3 Å². The number of rotatable bonds is 0. The minimum atomic E-state index is 0. The van der Waals surface area contributed by atoms with Crippen LogP contribution in [0.5, 0.6) is 0 Å². The van der Waals surface area contributed by atoms with Gasteiger partial charge in [0.25, 0.3) is 0 Å². The van der Waals surface area contributed by atoms with Crippen molar-refractivity contribution in [1.29, 1.82) is 0 Å². The van der Waals surface area contributed by atoms with Crippen LogP contribution in [0.3, 0.4) is 0 Å². The molecule has 0 saturated carbocycles. The first-order chi connectivity index (χ1) is 5.47. The number of anilines is 1. The van der Waals surface area contributed by atoms with Crippen molar-refractivity contribution in [2.24, 2.45) is 0 Å². The molecule has 0 radical (unpaired) electrons. The minimum absolute atomic E-state index is 0. The summed E-state index contributed by atoms with van der Waals surface area (Å²) in [6.45, 7) is 1.14. The van der Waals surface area contributed by atoms with Gasteiger partial charge in [-0.1, -0.05) is 18.2 Å². The molecule has 0 saturated heterocycles. The Morgan fingerprint density at radius 3 is 2.83 bits per heavy atom. The zero-order valence-electron chi connectivity index (χ0n) is 7.05. The highest BCUT2D eigenvalue weighted by molar-refractivity contribution is 5.85. The topological polar surface area (TPSA) is 12.0 Å². The van der Waals surface area contributed by atoms with Crippen LogP contribution >= 0.6 is 12.4 Å². The van der Waals surface area contributed by atoms with E-state index in [0.29, 0.717) is 0 Å². The van der Waals surface area contributed by atoms with E-state index in [4.69, 9.17) is 0 Å². The average molecular weight is 184 g/mol. The zero-order valence-corrected chi connectivity index (χ0v) is 7.86. The van der Waals surface area contributed by atoms with E-state index in [1.54, 1.807) is 0 Å². The predicted molar refractivity (Wildman–Crippen MR) is 55.1 cm³/mol. The molecule has 0 unspecified atom stereocenters. The van der Waals surface area contributed by atoms with Gasteiger partial charge in [0, 0.05) is 12.2 Å². The van der Waals surface area contributed by atoms with Crippen molar-refractivity contribution in [2.45, 2.75) is 19.3 Å². The molecule has 12 heavy (non-hydrogen) atoms. The van der Waals surface area contributed by atoms with Crippen molar-refractivity contribution >= 4 is 18.1 Å². The van der Waals surface area contributed by atoms with Gasteiger partial charge < -0.3 is 5.32 Å². The number of fused-ring (bicyclic) bond motifs is 1. The lowest BCUT2D eigenvalue weighted by Gasteiger charge is -2.04. The monoisotopic (exact) mass is 183 g/mol. The van der Waals surface area contributed by atoms with E-state index >= 15 is 0 Å². The SMILES string of the molecule is Cl.c1ccc2c(c1)CCCCN2. The summed E-state index contributed by atoms with van der Waals surface area (Å²) in [4.78, 5) is 0. The lowest BCUT2D eigenvalue weighted by atomic mass is 10.1. The summed E-state index contributed by atoms with van der Waals surface area (Å²) in [7, 11) is 0. The largest absolute Gasteiger partial charge is 0.385 e. The van der Waals surface area contributed by atoms with E-state index in [2.05, 4.69) is 29.6 Å². The molecule has 1 heterocycles. The van der Waals surface area contributed by atoms with Crippen LogP contribution in [0, 0.1) is 0 Å². The first-order valence-electron chi connectivity index (χ1n) is 4.28. The summed E-state index contributed by atoms with van der Waals surface area (Å²) in [5, 5.41) is 3.43. The third kappa shape index (κ3) is 1.92. The Morgan fingerprint density at radius 1 is 1.08 bits per heavy atom. The fourth-order valence-electron chi connectivity index (χ4n) is 1.57. The second-order valence-corrected chi connectivity index (χ2v) is 3.04. The van der Waals surface area contributed by atoms with Crippen molar-refractivity contribution in [2.75, 3.05) is 11.9 Å². The highest BCUT2D eigenvalue weighted by atomic mass is 35.5. The molecule has 1 aromatic carbocycles. The molecule has 2 heteroatoms. The fourth-order valence-corrected chi connectivity index (χ4v) is 1.57. The number of para-hydroxylation sites is 1. The molecule has 0 atom stereocenters. The summed E-state index contributed by atoms with van der Waals surface area (Å²) < 4.78 is 0. The number of benzene rings is 1. The van der Waals surface area contributed by atoms with Gasteiger partial charge in [-0.25, -0.2) is 0 Å². The lowest BCUT2D eigenvalue weighted by molar-refractivity contribution is 0.785. The third-order valence-electron chi connectivity index (χ3n) is 2.21. The van der Waals surface area contributed by atoms with Crippen LogP contribution in [-0.2, 0) is 6.42 Å². The Morgan fingerprint density at radius 2 is 1.92 bits per heavy atom. The van der Waals surface area contributed by atoms with E-state index in [9.17, 15) is 0 Å². The van der Waals surface area contributed by atoms with Crippen LogP contribution < -0.4 is 5.32 Å². The van der Waals surface area contributed by atoms with Gasteiger partial charge in [-0.05, 0) is 30.9 Å². The Hall–Kier alpha value is -0.690. The van der Waals surface area contributed by atoms with Crippen molar-refractivity contribution in [3.8, 4) is 0 Å². The molecule has 1 aromatic rings. The second kappa shape index (κ2) is 4.36. The molecule has 0 aromatic heterocycles. The summed E-state index contributed by atoms with van der Waals surface area (Å²) in [5.74, 6) is 0. The molecule has 0 aliphatic carbocycles. The molecule has 1 nitrogen and oxygen atoms in total. The maximum Gasteiger partial charge on any atom is 0.0372 e. The maximum atomic E-state index is 3.43. The highest BCUT2D eigenvalue weighted by Crippen LogP contribution is 2.19. The number of halogens is 1. The van der Waals surface area contributed by atoms with E-state index < -0.39 is 0 Å². The van der Waals surface area contributed by atoms with Crippen molar-refractivity contribution in [3.05, 3.63) is 29.8 Å². The van der Waals surface area contributed by atoms with E-state index in [1.165, 1.54) is 30.5 Å². The molecule has 0 fully saturated rings. The standard InChI is InChI=1S/C10H13N.ClH/c1-2-7-10-9(5-1)6-3-4-8-11-10;/h1-2,5,7,11H,3-4,6,8H2;1H. The number of nitrogens with one attached hydrogen (secondary N) is 1. The van der Waals surface area contributed by atoms with Crippen LogP contribution in [-0.4, -0.2) is 6.54 Å². The minimum Gasteiger partial charge on any atom is -0.385 e. The Kier molecular flexibility index (Phi) is 3.42. The molecular weight excluding hydrogens is 170 g/mol. The maximum absolute atomic E-state index is 3.43. The van der Waals surface area contributed by atoms with E-state index in [-0.39, 0.29) is 12.4 Å². The Balaban J connectivity index is 0.000000720. The second-order valence-electron chi connectivity index (χ2n) is 3.04. The average Bonchev–Trinajstić information content (AvgIpc) is 2.28. The molecule has 0 amide bonds. The number of hydrogen-bond acceptors (Lipinski definition) is 1. The quantitative estimate of drug-likeness (QED) is 0.652. The zero-order chi connectivity index (χ0) is 7.52. The third-order valence-corrected chi connectivity index (χ3v) is 2.21. The van der Waals surface area contributed by atoms with Crippen LogP contribution in [0.1, 0.15) is 18.4 Å². The molecule has 0 bridgehead atoms. The Labute approximate surface area is 79.6 Å². The smallest absolute Gasteiger partial charge is 0.0372 e. The first-order valence-corrected chi connectivity index (χ1v) is 4.28. The molecule has 1 aliphatic rings. The van der Waals surface area contributed by atoms with Crippen molar-refractivity contribution in [3.63, 3.8) is 0 Å². The van der Waals surface area contributed by atoms with Gasteiger partial charge >= 0.3 is 0 Å². The summed E-state index contributed by atoms with van der Waals surface area (Å²) in [6, 6.07) is 8.59. The molecule has 0 spiro atoms. The summed E-state index contributed by atoms with van der Waals surface area (Å²) in [5.41, 5.74) is 2.81. The molecule has 2 rings (SSSR count). The Bertz CT molecular complexity index is 222. The highest BCUT2D eigenvalue weighted by Gasteiger charge is 2.04. The van der Waals surface area contributed by atoms with Gasteiger partial charge in [-0.3, -0.25) is 0 Å². The van der Waals surface area contributed by atoms with Gasteiger partial charge in [-0.2, -0.15) is 0 Å². The molecular formula is C10H14ClN. The van der Waals surface area contributed by atoms with E-state index in [0.717, 1.165) is 6.54 Å². The van der Waals surface area contributed by atoms with Gasteiger partial charge in [-0.15, -0.1) is 12.4 Å². The molecule has 66 valence electrons. The van der Waals surface area contributed by atoms with Crippen LogP contribution in [0.2, 0.25) is 0 Å². The molecule has 1 aliphatic heterocycles. The fraction of sp³-hybridized carbons (Fsp3) is 0.400. The summed E-state index contributed by atoms with van der Waals surface area (Å²) >= 11 is 0. The number of hydrogen-bond donors (Lipinski definition) is 1.